The van der Waals surface area contributed by atoms with Crippen LogP contribution in [0, 0.1) is 31.6 Å². The number of aromatic nitrogens is 4. The third-order valence-electron chi connectivity index (χ3n) is 8.40. The summed E-state index contributed by atoms with van der Waals surface area (Å²) < 4.78 is 2.07. The van der Waals surface area contributed by atoms with Crippen LogP contribution in [0.4, 0.5) is 0 Å². The van der Waals surface area contributed by atoms with Crippen molar-refractivity contribution in [1.82, 2.24) is 25.1 Å². The molecule has 1 atom stereocenters. The lowest BCUT2D eigenvalue weighted by molar-refractivity contribution is -0.126. The summed E-state index contributed by atoms with van der Waals surface area (Å²) in [6, 6.07) is 10.3. The summed E-state index contributed by atoms with van der Waals surface area (Å²) >= 11 is 1.49. The van der Waals surface area contributed by atoms with Crippen LogP contribution in [0.25, 0.3) is 17.1 Å². The molecule has 182 valence electrons. The van der Waals surface area contributed by atoms with Crippen molar-refractivity contribution in [3.05, 3.63) is 53.9 Å². The SMILES string of the molecule is Cc1ccc(-n2c(SC(C)C(=O)NC34CC5CC(CC(C5)C3)C4)nnc2-c2ccncc2)cc1C. The van der Waals surface area contributed by atoms with Crippen molar-refractivity contribution in [2.24, 2.45) is 17.8 Å². The summed E-state index contributed by atoms with van der Waals surface area (Å²) in [5.41, 5.74) is 4.42. The minimum atomic E-state index is -0.261. The van der Waals surface area contributed by atoms with Crippen LogP contribution in [-0.4, -0.2) is 36.4 Å². The molecule has 35 heavy (non-hydrogen) atoms. The third-order valence-corrected chi connectivity index (χ3v) is 9.44. The topological polar surface area (TPSA) is 72.7 Å². The zero-order chi connectivity index (χ0) is 24.2. The van der Waals surface area contributed by atoms with Gasteiger partial charge in [0.25, 0.3) is 0 Å². The molecule has 4 fully saturated rings. The standard InChI is InChI=1S/C28H33N5OS/c1-17-4-5-24(10-18(17)2)33-25(23-6-8-29-9-7-23)31-32-27(33)35-19(3)26(34)30-28-14-20-11-21(15-28)13-22(12-20)16-28/h4-10,19-22H,11-16H2,1-3H3,(H,30,34). The van der Waals surface area contributed by atoms with Crippen molar-refractivity contribution < 1.29 is 4.79 Å². The minimum Gasteiger partial charge on any atom is -0.350 e. The number of amides is 1. The largest absolute Gasteiger partial charge is 0.350 e. The molecule has 2 heterocycles. The summed E-state index contributed by atoms with van der Waals surface area (Å²) in [5.74, 6) is 3.30. The normalized spacial score (nSPS) is 27.7. The van der Waals surface area contributed by atoms with Crippen LogP contribution in [0.2, 0.25) is 0 Å². The first kappa shape index (κ1) is 22.8. The number of carbonyl (C=O) groups excluding carboxylic acids is 1. The number of thioether (sulfide) groups is 1. The number of nitrogens with zero attached hydrogens (tertiary/aromatic N) is 4. The van der Waals surface area contributed by atoms with E-state index in [1.54, 1.807) is 12.4 Å². The number of benzene rings is 1. The van der Waals surface area contributed by atoms with Gasteiger partial charge in [-0.25, -0.2) is 0 Å². The molecule has 0 aliphatic heterocycles. The lowest BCUT2D eigenvalue weighted by Crippen LogP contribution is -2.60. The zero-order valence-corrected chi connectivity index (χ0v) is 21.5. The van der Waals surface area contributed by atoms with Crippen molar-refractivity contribution in [2.75, 3.05) is 0 Å². The number of carbonyl (C=O) groups is 1. The van der Waals surface area contributed by atoms with Gasteiger partial charge >= 0.3 is 0 Å². The van der Waals surface area contributed by atoms with Crippen molar-refractivity contribution in [3.8, 4) is 17.1 Å². The van der Waals surface area contributed by atoms with E-state index in [2.05, 4.69) is 57.1 Å². The van der Waals surface area contributed by atoms with Crippen LogP contribution in [0.15, 0.2) is 47.9 Å². The Hall–Kier alpha value is -2.67. The van der Waals surface area contributed by atoms with E-state index in [0.717, 1.165) is 59.2 Å². The Morgan fingerprint density at radius 3 is 2.29 bits per heavy atom. The molecule has 0 radical (unpaired) electrons. The van der Waals surface area contributed by atoms with Crippen LogP contribution in [0.5, 0.6) is 0 Å². The molecule has 1 amide bonds. The first-order valence-electron chi connectivity index (χ1n) is 12.8. The fourth-order valence-electron chi connectivity index (χ4n) is 6.97. The molecule has 1 aromatic carbocycles. The smallest absolute Gasteiger partial charge is 0.233 e. The second-order valence-electron chi connectivity index (χ2n) is 11.1. The Morgan fingerprint density at radius 2 is 1.66 bits per heavy atom. The van der Waals surface area contributed by atoms with E-state index in [1.807, 2.05) is 19.1 Å². The molecule has 4 aliphatic carbocycles. The van der Waals surface area contributed by atoms with Crippen LogP contribution in [-0.2, 0) is 4.79 Å². The second kappa shape index (κ2) is 8.77. The summed E-state index contributed by atoms with van der Waals surface area (Å²) in [5, 5.41) is 13.1. The van der Waals surface area contributed by atoms with Crippen molar-refractivity contribution >= 4 is 17.7 Å². The molecular formula is C28H33N5OS. The Bertz CT molecular complexity index is 1220. The molecule has 7 heteroatoms. The van der Waals surface area contributed by atoms with Gasteiger partial charge in [0, 0.05) is 23.5 Å². The highest BCUT2D eigenvalue weighted by Gasteiger charge is 2.51. The molecule has 7 rings (SSSR count). The van der Waals surface area contributed by atoms with E-state index in [0.29, 0.717) is 0 Å². The average Bonchev–Trinajstić information content (AvgIpc) is 3.23. The van der Waals surface area contributed by atoms with E-state index in [1.165, 1.54) is 42.2 Å². The number of pyridine rings is 1. The Balaban J connectivity index is 1.27. The predicted octanol–water partition coefficient (Wildman–Crippen LogP) is 5.51. The molecule has 0 saturated heterocycles. The van der Waals surface area contributed by atoms with Gasteiger partial charge in [0.2, 0.25) is 5.91 Å². The summed E-state index contributed by atoms with van der Waals surface area (Å²) in [7, 11) is 0. The van der Waals surface area contributed by atoms with Crippen molar-refractivity contribution in [3.63, 3.8) is 0 Å². The lowest BCUT2D eigenvalue weighted by Gasteiger charge is -2.57. The fraction of sp³-hybridized carbons (Fsp3) is 0.500. The van der Waals surface area contributed by atoms with Gasteiger partial charge in [-0.3, -0.25) is 14.3 Å². The fourth-order valence-corrected chi connectivity index (χ4v) is 7.84. The van der Waals surface area contributed by atoms with Gasteiger partial charge in [-0.2, -0.15) is 0 Å². The minimum absolute atomic E-state index is 0.0184. The summed E-state index contributed by atoms with van der Waals surface area (Å²) in [6.07, 6.45) is 11.1. The van der Waals surface area contributed by atoms with Gasteiger partial charge in [-0.15, -0.1) is 10.2 Å². The van der Waals surface area contributed by atoms with Crippen LogP contribution in [0.3, 0.4) is 0 Å². The maximum Gasteiger partial charge on any atom is 0.233 e. The maximum absolute atomic E-state index is 13.5. The number of hydrogen-bond donors (Lipinski definition) is 1. The van der Waals surface area contributed by atoms with Crippen molar-refractivity contribution in [2.45, 2.75) is 75.2 Å². The molecule has 4 aliphatic rings. The Labute approximate surface area is 211 Å². The number of nitrogens with one attached hydrogen (secondary N) is 1. The number of rotatable bonds is 6. The monoisotopic (exact) mass is 487 g/mol. The van der Waals surface area contributed by atoms with Gasteiger partial charge < -0.3 is 5.32 Å². The van der Waals surface area contributed by atoms with Gasteiger partial charge in [0.1, 0.15) is 0 Å². The molecule has 3 aromatic rings. The van der Waals surface area contributed by atoms with Crippen LogP contribution in [0.1, 0.15) is 56.6 Å². The Morgan fingerprint density at radius 1 is 1.00 bits per heavy atom. The first-order valence-corrected chi connectivity index (χ1v) is 13.7. The van der Waals surface area contributed by atoms with Crippen LogP contribution < -0.4 is 5.32 Å². The third kappa shape index (κ3) is 4.28. The highest BCUT2D eigenvalue weighted by Crippen LogP contribution is 2.55. The highest BCUT2D eigenvalue weighted by atomic mass is 32.2. The number of hydrogen-bond acceptors (Lipinski definition) is 5. The highest BCUT2D eigenvalue weighted by molar-refractivity contribution is 8.00. The first-order chi connectivity index (χ1) is 16.9. The van der Waals surface area contributed by atoms with Gasteiger partial charge in [0.05, 0.1) is 10.9 Å². The van der Waals surface area contributed by atoms with Gasteiger partial charge in [0.15, 0.2) is 11.0 Å². The second-order valence-corrected chi connectivity index (χ2v) is 12.4. The molecule has 4 saturated carbocycles. The van der Waals surface area contributed by atoms with E-state index >= 15 is 0 Å². The molecular weight excluding hydrogens is 454 g/mol. The number of aryl methyl sites for hydroxylation is 2. The van der Waals surface area contributed by atoms with Gasteiger partial charge in [-0.05, 0) is 112 Å². The molecule has 0 spiro atoms. The van der Waals surface area contributed by atoms with Crippen molar-refractivity contribution in [1.29, 1.82) is 0 Å². The van der Waals surface area contributed by atoms with E-state index < -0.39 is 0 Å². The zero-order valence-electron chi connectivity index (χ0n) is 20.7. The molecule has 4 bridgehead atoms. The van der Waals surface area contributed by atoms with Gasteiger partial charge in [-0.1, -0.05) is 17.8 Å². The summed E-state index contributed by atoms with van der Waals surface area (Å²) in [6.45, 7) is 6.22. The predicted molar refractivity (Wildman–Crippen MR) is 138 cm³/mol. The van der Waals surface area contributed by atoms with E-state index in [9.17, 15) is 4.79 Å². The van der Waals surface area contributed by atoms with E-state index in [4.69, 9.17) is 0 Å². The molecule has 6 nitrogen and oxygen atoms in total. The Kier molecular flexibility index (Phi) is 5.71. The average molecular weight is 488 g/mol. The maximum atomic E-state index is 13.5. The molecule has 1 N–H and O–H groups in total. The molecule has 1 unspecified atom stereocenters. The quantitative estimate of drug-likeness (QED) is 0.464. The van der Waals surface area contributed by atoms with Crippen LogP contribution >= 0.6 is 11.8 Å². The molecule has 2 aromatic heterocycles. The summed E-state index contributed by atoms with van der Waals surface area (Å²) in [4.78, 5) is 17.6. The van der Waals surface area contributed by atoms with E-state index in [-0.39, 0.29) is 16.7 Å². The lowest BCUT2D eigenvalue weighted by atomic mass is 9.53.